The summed E-state index contributed by atoms with van der Waals surface area (Å²) in [6.07, 6.45) is 0. The zero-order chi connectivity index (χ0) is 22.7. The van der Waals surface area contributed by atoms with Crippen molar-refractivity contribution in [1.29, 1.82) is 0 Å². The number of fused-ring (bicyclic) bond motifs is 1. The van der Waals surface area contributed by atoms with Crippen LogP contribution in [0.5, 0.6) is 11.5 Å². The van der Waals surface area contributed by atoms with E-state index in [-0.39, 0.29) is 6.04 Å². The van der Waals surface area contributed by atoms with Gasteiger partial charge in [-0.25, -0.2) is 9.97 Å². The molecule has 0 spiro atoms. The van der Waals surface area contributed by atoms with Crippen LogP contribution in [0.3, 0.4) is 0 Å². The molecule has 166 valence electrons. The number of nitrogens with one attached hydrogen (secondary N) is 2. The van der Waals surface area contributed by atoms with Crippen LogP contribution in [0.4, 0.5) is 5.82 Å². The summed E-state index contributed by atoms with van der Waals surface area (Å²) in [7, 11) is 5.23. The predicted molar refractivity (Wildman–Crippen MR) is 132 cm³/mol. The van der Waals surface area contributed by atoms with E-state index >= 15 is 0 Å². The number of anilines is 1. The second kappa shape index (κ2) is 9.54. The maximum absolute atomic E-state index is 5.49. The van der Waals surface area contributed by atoms with E-state index in [4.69, 9.17) is 9.47 Å². The Morgan fingerprint density at radius 2 is 1.78 bits per heavy atom. The van der Waals surface area contributed by atoms with Crippen LogP contribution in [0, 0.1) is 6.92 Å². The standard InChI is InChI=1S/C25H28N4O2S/c1-15(24-10-18(14-32-24)19-9-7-6-8-17(19)13-26-3)27-25-20-11-22(30-4)23(31-5)12-21(20)28-16(2)29-25/h6-12,14-15,26H,13H2,1-5H3,(H,27,28,29)/t15-/m0/s1. The summed E-state index contributed by atoms with van der Waals surface area (Å²) in [4.78, 5) is 10.5. The molecule has 0 aliphatic carbocycles. The molecule has 2 aromatic carbocycles. The van der Waals surface area contributed by atoms with Crippen molar-refractivity contribution in [1.82, 2.24) is 15.3 Å². The van der Waals surface area contributed by atoms with E-state index in [1.807, 2.05) is 26.1 Å². The van der Waals surface area contributed by atoms with Crippen molar-refractivity contribution in [2.24, 2.45) is 0 Å². The van der Waals surface area contributed by atoms with Crippen LogP contribution in [0.2, 0.25) is 0 Å². The van der Waals surface area contributed by atoms with Gasteiger partial charge in [0.2, 0.25) is 0 Å². The number of aromatic nitrogens is 2. The fourth-order valence-electron chi connectivity index (χ4n) is 3.83. The van der Waals surface area contributed by atoms with E-state index in [0.29, 0.717) is 17.3 Å². The Bertz CT molecular complexity index is 1240. The van der Waals surface area contributed by atoms with Crippen molar-refractivity contribution in [2.75, 3.05) is 26.6 Å². The summed E-state index contributed by atoms with van der Waals surface area (Å²) in [5.41, 5.74) is 4.60. The molecule has 0 amide bonds. The Balaban J connectivity index is 1.66. The number of methoxy groups -OCH3 is 2. The highest BCUT2D eigenvalue weighted by Gasteiger charge is 2.16. The molecular weight excluding hydrogens is 420 g/mol. The molecule has 4 rings (SSSR count). The van der Waals surface area contributed by atoms with Crippen LogP contribution in [0.15, 0.2) is 47.8 Å². The number of hydrogen-bond acceptors (Lipinski definition) is 7. The molecule has 0 bridgehead atoms. The van der Waals surface area contributed by atoms with Gasteiger partial charge in [-0.2, -0.15) is 0 Å². The third kappa shape index (κ3) is 4.40. The van der Waals surface area contributed by atoms with Gasteiger partial charge in [-0.15, -0.1) is 11.3 Å². The van der Waals surface area contributed by atoms with Gasteiger partial charge in [-0.3, -0.25) is 0 Å². The first kappa shape index (κ1) is 22.0. The first-order valence-corrected chi connectivity index (χ1v) is 11.4. The van der Waals surface area contributed by atoms with Gasteiger partial charge in [0.1, 0.15) is 11.6 Å². The van der Waals surface area contributed by atoms with Gasteiger partial charge in [-0.05, 0) is 55.1 Å². The van der Waals surface area contributed by atoms with Gasteiger partial charge in [0.05, 0.1) is 25.8 Å². The molecule has 0 unspecified atom stereocenters. The van der Waals surface area contributed by atoms with E-state index < -0.39 is 0 Å². The lowest BCUT2D eigenvalue weighted by Crippen LogP contribution is -2.08. The molecule has 0 aliphatic heterocycles. The smallest absolute Gasteiger partial charge is 0.162 e. The minimum Gasteiger partial charge on any atom is -0.493 e. The second-order valence-corrected chi connectivity index (χ2v) is 8.58. The van der Waals surface area contributed by atoms with Crippen molar-refractivity contribution in [3.8, 4) is 22.6 Å². The zero-order valence-corrected chi connectivity index (χ0v) is 19.8. The van der Waals surface area contributed by atoms with E-state index in [0.717, 1.165) is 23.3 Å². The van der Waals surface area contributed by atoms with Crippen LogP contribution >= 0.6 is 11.3 Å². The number of ether oxygens (including phenoxy) is 2. The Kier molecular flexibility index (Phi) is 6.58. The van der Waals surface area contributed by atoms with Gasteiger partial charge in [0, 0.05) is 22.9 Å². The molecule has 0 radical (unpaired) electrons. The summed E-state index contributed by atoms with van der Waals surface area (Å²) < 4.78 is 10.9. The van der Waals surface area contributed by atoms with Crippen LogP contribution in [0.1, 0.15) is 29.2 Å². The summed E-state index contributed by atoms with van der Waals surface area (Å²) in [6.45, 7) is 4.89. The average molecular weight is 449 g/mol. The minimum atomic E-state index is 0.0795. The first-order chi connectivity index (χ1) is 15.5. The molecular formula is C25H28N4O2S. The molecule has 2 heterocycles. The van der Waals surface area contributed by atoms with Crippen LogP contribution < -0.4 is 20.1 Å². The number of aryl methyl sites for hydroxylation is 1. The molecule has 0 saturated carbocycles. The summed E-state index contributed by atoms with van der Waals surface area (Å²) in [6, 6.07) is 14.7. The fourth-order valence-corrected chi connectivity index (χ4v) is 4.74. The zero-order valence-electron chi connectivity index (χ0n) is 19.0. The van der Waals surface area contributed by atoms with Gasteiger partial charge >= 0.3 is 0 Å². The molecule has 0 fully saturated rings. The number of nitrogens with zero attached hydrogens (tertiary/aromatic N) is 2. The highest BCUT2D eigenvalue weighted by molar-refractivity contribution is 7.10. The lowest BCUT2D eigenvalue weighted by Gasteiger charge is -2.16. The Labute approximate surface area is 192 Å². The summed E-state index contributed by atoms with van der Waals surface area (Å²) in [5.74, 6) is 2.79. The third-order valence-corrected chi connectivity index (χ3v) is 6.52. The summed E-state index contributed by atoms with van der Waals surface area (Å²) >= 11 is 1.75. The molecule has 0 aliphatic rings. The van der Waals surface area contributed by atoms with Crippen molar-refractivity contribution < 1.29 is 9.47 Å². The van der Waals surface area contributed by atoms with Gasteiger partial charge in [0.15, 0.2) is 11.5 Å². The maximum atomic E-state index is 5.49. The van der Waals surface area contributed by atoms with Gasteiger partial charge in [0.25, 0.3) is 0 Å². The van der Waals surface area contributed by atoms with Gasteiger partial charge < -0.3 is 20.1 Å². The van der Waals surface area contributed by atoms with Crippen molar-refractivity contribution in [3.05, 3.63) is 64.1 Å². The molecule has 2 N–H and O–H groups in total. The third-order valence-electron chi connectivity index (χ3n) is 5.41. The largest absolute Gasteiger partial charge is 0.493 e. The molecule has 2 aromatic heterocycles. The first-order valence-electron chi connectivity index (χ1n) is 10.5. The molecule has 6 nitrogen and oxygen atoms in total. The molecule has 7 heteroatoms. The molecule has 32 heavy (non-hydrogen) atoms. The molecule has 1 atom stereocenters. The number of thiophene rings is 1. The van der Waals surface area contributed by atoms with E-state index in [9.17, 15) is 0 Å². The van der Waals surface area contributed by atoms with Crippen LogP contribution in [-0.2, 0) is 6.54 Å². The predicted octanol–water partition coefficient (Wildman–Crippen LogP) is 5.58. The van der Waals surface area contributed by atoms with Gasteiger partial charge in [-0.1, -0.05) is 24.3 Å². The van der Waals surface area contributed by atoms with Crippen molar-refractivity contribution in [2.45, 2.75) is 26.4 Å². The summed E-state index contributed by atoms with van der Waals surface area (Å²) in [5, 5.41) is 9.96. The maximum Gasteiger partial charge on any atom is 0.162 e. The van der Waals surface area contributed by atoms with Crippen molar-refractivity contribution in [3.63, 3.8) is 0 Å². The second-order valence-electron chi connectivity index (χ2n) is 7.64. The Morgan fingerprint density at radius 1 is 1.03 bits per heavy atom. The van der Waals surface area contributed by atoms with E-state index in [1.165, 1.54) is 21.6 Å². The fraction of sp³-hybridized carbons (Fsp3) is 0.280. The van der Waals surface area contributed by atoms with Crippen molar-refractivity contribution >= 4 is 28.1 Å². The highest BCUT2D eigenvalue weighted by Crippen LogP contribution is 2.36. The van der Waals surface area contributed by atoms with E-state index in [1.54, 1.807) is 25.6 Å². The van der Waals surface area contributed by atoms with Crippen LogP contribution in [-0.4, -0.2) is 31.2 Å². The number of hydrogen-bond donors (Lipinski definition) is 2. The average Bonchev–Trinajstić information content (AvgIpc) is 3.29. The van der Waals surface area contributed by atoms with Crippen LogP contribution in [0.25, 0.3) is 22.0 Å². The lowest BCUT2D eigenvalue weighted by molar-refractivity contribution is 0.356. The highest BCUT2D eigenvalue weighted by atomic mass is 32.1. The molecule has 4 aromatic rings. The monoisotopic (exact) mass is 448 g/mol. The van der Waals surface area contributed by atoms with E-state index in [2.05, 4.69) is 63.2 Å². The SMILES string of the molecule is CNCc1ccccc1-c1csc([C@H](C)Nc2nc(C)nc3cc(OC)c(OC)cc23)c1. The normalized spacial score (nSPS) is 12.0. The lowest BCUT2D eigenvalue weighted by atomic mass is 10.0. The Hall–Kier alpha value is -3.16. The number of benzene rings is 2. The Morgan fingerprint density at radius 3 is 2.53 bits per heavy atom. The minimum absolute atomic E-state index is 0.0795. The topological polar surface area (TPSA) is 68.3 Å². The molecule has 0 saturated heterocycles. The number of rotatable bonds is 8. The quantitative estimate of drug-likeness (QED) is 0.367.